The molecule has 0 aromatic heterocycles. The molecule has 1 N–H and O–H groups in total. The molecule has 22 heavy (non-hydrogen) atoms. The molecule has 1 heterocycles. The van der Waals surface area contributed by atoms with Gasteiger partial charge in [0.05, 0.1) is 6.04 Å². The van der Waals surface area contributed by atoms with Crippen LogP contribution in [0.25, 0.3) is 0 Å². The van der Waals surface area contributed by atoms with E-state index < -0.39 is 5.60 Å². The van der Waals surface area contributed by atoms with E-state index in [2.05, 4.69) is 27.0 Å². The Morgan fingerprint density at radius 2 is 2.14 bits per heavy atom. The summed E-state index contributed by atoms with van der Waals surface area (Å²) < 4.78 is 5.83. The lowest BCUT2D eigenvalue weighted by atomic mass is 9.81. The zero-order chi connectivity index (χ0) is 16.8. The fourth-order valence-electron chi connectivity index (χ4n) is 2.98. The van der Waals surface area contributed by atoms with Gasteiger partial charge in [0.2, 0.25) is 0 Å². The van der Waals surface area contributed by atoms with Crippen molar-refractivity contribution >= 4 is 6.09 Å². The normalized spacial score (nSPS) is 24.1. The van der Waals surface area contributed by atoms with Crippen LogP contribution in [0, 0.1) is 5.92 Å². The van der Waals surface area contributed by atoms with Crippen LogP contribution in [0.2, 0.25) is 0 Å². The minimum atomic E-state index is -0.466. The fraction of sp³-hybridized carbons (Fsp3) is 0.611. The molecule has 0 aromatic rings. The number of carbonyl (C=O) groups excluding carboxylic acids is 1. The summed E-state index contributed by atoms with van der Waals surface area (Å²) in [6.07, 6.45) is 7.14. The minimum Gasteiger partial charge on any atom is -0.442 e. The Kier molecular flexibility index (Phi) is 6.88. The number of cyclic esters (lactones) is 1. The Morgan fingerprint density at radius 1 is 1.45 bits per heavy atom. The van der Waals surface area contributed by atoms with Gasteiger partial charge in [-0.15, -0.1) is 0 Å². The van der Waals surface area contributed by atoms with Gasteiger partial charge >= 0.3 is 6.09 Å². The van der Waals surface area contributed by atoms with Crippen molar-refractivity contribution in [1.82, 2.24) is 4.90 Å². The number of nitrogens with zero attached hydrogens (tertiary/aromatic N) is 1. The van der Waals surface area contributed by atoms with E-state index in [-0.39, 0.29) is 24.7 Å². The number of amides is 1. The minimum absolute atomic E-state index is 0.0917. The highest BCUT2D eigenvalue weighted by Crippen LogP contribution is 2.36. The summed E-state index contributed by atoms with van der Waals surface area (Å²) >= 11 is 0. The quantitative estimate of drug-likeness (QED) is 0.696. The number of hydrogen-bond acceptors (Lipinski definition) is 3. The Bertz CT molecular complexity index is 442. The molecule has 1 aliphatic heterocycles. The Balaban J connectivity index is 2.88. The standard InChI is InChI=1S/C18H29NO3/c1-6-9-16(7-2)15(5)19-12-11-18(14(3)4,10-8-13-20)22-17(19)21/h6-7,9,14-15,20H,1-2,8,10-13H2,3-5H3. The highest BCUT2D eigenvalue weighted by molar-refractivity contribution is 5.70. The van der Waals surface area contributed by atoms with Gasteiger partial charge in [0.15, 0.2) is 0 Å². The van der Waals surface area contributed by atoms with Crippen molar-refractivity contribution in [2.75, 3.05) is 13.2 Å². The largest absolute Gasteiger partial charge is 0.442 e. The van der Waals surface area contributed by atoms with Gasteiger partial charge in [-0.1, -0.05) is 45.2 Å². The van der Waals surface area contributed by atoms with E-state index in [0.29, 0.717) is 19.4 Å². The predicted octanol–water partition coefficient (Wildman–Crippen LogP) is 3.68. The Morgan fingerprint density at radius 3 is 2.59 bits per heavy atom. The second kappa shape index (κ2) is 8.18. The number of ether oxygens (including phenoxy) is 1. The van der Waals surface area contributed by atoms with Crippen LogP contribution in [0.5, 0.6) is 0 Å². The van der Waals surface area contributed by atoms with E-state index >= 15 is 0 Å². The number of allylic oxidation sites excluding steroid dienone is 2. The maximum atomic E-state index is 12.5. The van der Waals surface area contributed by atoms with Crippen LogP contribution in [0.15, 0.2) is 37.0 Å². The highest BCUT2D eigenvalue weighted by Gasteiger charge is 2.43. The molecule has 0 aliphatic carbocycles. The highest BCUT2D eigenvalue weighted by atomic mass is 16.6. The molecule has 1 aliphatic rings. The van der Waals surface area contributed by atoms with Gasteiger partial charge in [-0.05, 0) is 31.3 Å². The van der Waals surface area contributed by atoms with Gasteiger partial charge in [0, 0.05) is 19.6 Å². The first kappa shape index (κ1) is 18.5. The molecular formula is C18H29NO3. The van der Waals surface area contributed by atoms with Gasteiger partial charge in [-0.2, -0.15) is 0 Å². The van der Waals surface area contributed by atoms with Crippen LogP contribution in [0.1, 0.15) is 40.0 Å². The smallest absolute Gasteiger partial charge is 0.410 e. The molecule has 4 nitrogen and oxygen atoms in total. The van der Waals surface area contributed by atoms with Crippen LogP contribution in [-0.4, -0.2) is 40.9 Å². The molecule has 2 unspecified atom stereocenters. The lowest BCUT2D eigenvalue weighted by molar-refractivity contribution is -0.0868. The molecule has 4 heteroatoms. The summed E-state index contributed by atoms with van der Waals surface area (Å²) in [5.74, 6) is 0.225. The molecule has 1 rings (SSSR count). The number of aliphatic hydroxyl groups is 1. The number of hydrogen-bond donors (Lipinski definition) is 1. The first-order chi connectivity index (χ1) is 10.4. The molecule has 0 radical (unpaired) electrons. The van der Waals surface area contributed by atoms with Crippen LogP contribution in [-0.2, 0) is 4.74 Å². The van der Waals surface area contributed by atoms with Gasteiger partial charge in [-0.25, -0.2) is 4.79 Å². The van der Waals surface area contributed by atoms with Crippen molar-refractivity contribution in [2.24, 2.45) is 5.92 Å². The molecular weight excluding hydrogens is 278 g/mol. The van der Waals surface area contributed by atoms with Gasteiger partial charge in [0.25, 0.3) is 0 Å². The monoisotopic (exact) mass is 307 g/mol. The van der Waals surface area contributed by atoms with Crippen molar-refractivity contribution in [3.63, 3.8) is 0 Å². The summed E-state index contributed by atoms with van der Waals surface area (Å²) in [6, 6.07) is -0.0917. The van der Waals surface area contributed by atoms with Gasteiger partial charge in [-0.3, -0.25) is 0 Å². The van der Waals surface area contributed by atoms with Crippen LogP contribution >= 0.6 is 0 Å². The molecule has 1 amide bonds. The van der Waals surface area contributed by atoms with Crippen molar-refractivity contribution in [2.45, 2.75) is 51.7 Å². The lowest BCUT2D eigenvalue weighted by Gasteiger charge is -2.45. The molecule has 0 spiro atoms. The zero-order valence-corrected chi connectivity index (χ0v) is 14.0. The third-order valence-electron chi connectivity index (χ3n) is 4.61. The van der Waals surface area contributed by atoms with Gasteiger partial charge < -0.3 is 14.7 Å². The molecule has 124 valence electrons. The average molecular weight is 307 g/mol. The summed E-state index contributed by atoms with van der Waals surface area (Å²) in [5, 5.41) is 9.08. The van der Waals surface area contributed by atoms with Crippen molar-refractivity contribution in [1.29, 1.82) is 0 Å². The van der Waals surface area contributed by atoms with E-state index in [0.717, 1.165) is 12.0 Å². The maximum Gasteiger partial charge on any atom is 0.410 e. The molecule has 0 bridgehead atoms. The average Bonchev–Trinajstić information content (AvgIpc) is 2.49. The Hall–Kier alpha value is -1.55. The lowest BCUT2D eigenvalue weighted by Crippen LogP contribution is -2.54. The van der Waals surface area contributed by atoms with E-state index in [1.807, 2.05) is 13.0 Å². The van der Waals surface area contributed by atoms with E-state index in [4.69, 9.17) is 9.84 Å². The zero-order valence-electron chi connectivity index (χ0n) is 14.0. The van der Waals surface area contributed by atoms with E-state index in [1.54, 1.807) is 17.1 Å². The van der Waals surface area contributed by atoms with E-state index in [1.165, 1.54) is 0 Å². The van der Waals surface area contributed by atoms with Crippen molar-refractivity contribution < 1.29 is 14.6 Å². The molecule has 0 saturated carbocycles. The van der Waals surface area contributed by atoms with E-state index in [9.17, 15) is 4.79 Å². The molecule has 1 fully saturated rings. The second-order valence-corrected chi connectivity index (χ2v) is 6.14. The Labute approximate surface area is 134 Å². The van der Waals surface area contributed by atoms with Crippen LogP contribution in [0.4, 0.5) is 4.79 Å². The summed E-state index contributed by atoms with van der Waals surface area (Å²) in [4.78, 5) is 14.2. The maximum absolute atomic E-state index is 12.5. The predicted molar refractivity (Wildman–Crippen MR) is 89.6 cm³/mol. The van der Waals surface area contributed by atoms with Gasteiger partial charge in [0.1, 0.15) is 5.60 Å². The fourth-order valence-corrected chi connectivity index (χ4v) is 2.98. The third kappa shape index (κ3) is 4.01. The molecule has 0 aromatic carbocycles. The van der Waals surface area contributed by atoms with Crippen molar-refractivity contribution in [3.8, 4) is 0 Å². The van der Waals surface area contributed by atoms with Crippen LogP contribution in [0.3, 0.4) is 0 Å². The number of aliphatic hydroxyl groups excluding tert-OH is 1. The second-order valence-electron chi connectivity index (χ2n) is 6.14. The number of carbonyl (C=O) groups is 1. The molecule has 1 saturated heterocycles. The third-order valence-corrected chi connectivity index (χ3v) is 4.61. The molecule has 2 atom stereocenters. The van der Waals surface area contributed by atoms with Crippen LogP contribution < -0.4 is 0 Å². The number of rotatable bonds is 8. The first-order valence-corrected chi connectivity index (χ1v) is 7.97. The summed E-state index contributed by atoms with van der Waals surface area (Å²) in [7, 11) is 0. The summed E-state index contributed by atoms with van der Waals surface area (Å²) in [5.41, 5.74) is 0.478. The topological polar surface area (TPSA) is 49.8 Å². The SMILES string of the molecule is C=CC=C(C=C)C(C)N1CCC(CCCO)(C(C)C)OC1=O. The summed E-state index contributed by atoms with van der Waals surface area (Å²) in [6.45, 7) is 14.4. The van der Waals surface area contributed by atoms with Crippen molar-refractivity contribution in [3.05, 3.63) is 37.0 Å². The first-order valence-electron chi connectivity index (χ1n) is 7.97.